The minimum absolute atomic E-state index is 0.0518. The van der Waals surface area contributed by atoms with Crippen molar-refractivity contribution in [3.8, 4) is 0 Å². The largest absolute Gasteiger partial charge is 0.373 e. The molecule has 1 aliphatic heterocycles. The minimum Gasteiger partial charge on any atom is -0.373 e. The Bertz CT molecular complexity index is 391. The van der Waals surface area contributed by atoms with Gasteiger partial charge in [-0.25, -0.2) is 9.97 Å². The van der Waals surface area contributed by atoms with Crippen LogP contribution in [0.3, 0.4) is 0 Å². The number of hydrogen-bond acceptors (Lipinski definition) is 4. The van der Waals surface area contributed by atoms with E-state index in [0.29, 0.717) is 0 Å². The van der Waals surface area contributed by atoms with Crippen LogP contribution >= 0.6 is 15.9 Å². The van der Waals surface area contributed by atoms with E-state index in [1.54, 1.807) is 0 Å². The van der Waals surface area contributed by atoms with Gasteiger partial charge in [0.1, 0.15) is 16.2 Å². The van der Waals surface area contributed by atoms with Crippen LogP contribution in [0.15, 0.2) is 10.7 Å². The van der Waals surface area contributed by atoms with E-state index in [-0.39, 0.29) is 5.60 Å². The van der Waals surface area contributed by atoms with E-state index in [9.17, 15) is 0 Å². The first-order chi connectivity index (χ1) is 8.11. The second kappa shape index (κ2) is 5.31. The van der Waals surface area contributed by atoms with E-state index in [4.69, 9.17) is 4.74 Å². The van der Waals surface area contributed by atoms with Gasteiger partial charge in [-0.2, -0.15) is 0 Å². The summed E-state index contributed by atoms with van der Waals surface area (Å²) in [5, 5.41) is 3.34. The number of anilines is 1. The Morgan fingerprint density at radius 2 is 2.35 bits per heavy atom. The van der Waals surface area contributed by atoms with Gasteiger partial charge in [0, 0.05) is 25.6 Å². The highest BCUT2D eigenvalue weighted by Gasteiger charge is 2.29. The Morgan fingerprint density at radius 3 is 3.00 bits per heavy atom. The van der Waals surface area contributed by atoms with E-state index in [1.165, 1.54) is 0 Å². The van der Waals surface area contributed by atoms with Crippen LogP contribution in [0.2, 0.25) is 0 Å². The van der Waals surface area contributed by atoms with Gasteiger partial charge in [-0.15, -0.1) is 0 Å². The summed E-state index contributed by atoms with van der Waals surface area (Å²) in [6.07, 6.45) is 3.08. The topological polar surface area (TPSA) is 47.0 Å². The summed E-state index contributed by atoms with van der Waals surface area (Å²) in [4.78, 5) is 8.72. The van der Waals surface area contributed by atoms with Crippen LogP contribution in [0, 0.1) is 0 Å². The summed E-state index contributed by atoms with van der Waals surface area (Å²) in [5.74, 6) is 1.71. The van der Waals surface area contributed by atoms with Gasteiger partial charge in [0.15, 0.2) is 0 Å². The second-order valence-corrected chi connectivity index (χ2v) is 5.41. The van der Waals surface area contributed by atoms with Crippen LogP contribution in [0.5, 0.6) is 0 Å². The lowest BCUT2D eigenvalue weighted by molar-refractivity contribution is 0.0314. The molecule has 4 nitrogen and oxygen atoms in total. The van der Waals surface area contributed by atoms with Crippen LogP contribution in [0.1, 0.15) is 32.5 Å². The quantitative estimate of drug-likeness (QED) is 0.869. The van der Waals surface area contributed by atoms with Gasteiger partial charge in [0.2, 0.25) is 0 Å². The van der Waals surface area contributed by atoms with Crippen LogP contribution in [0.4, 0.5) is 5.82 Å². The predicted molar refractivity (Wildman–Crippen MR) is 71.2 cm³/mol. The number of nitrogens with one attached hydrogen (secondary N) is 1. The van der Waals surface area contributed by atoms with Crippen molar-refractivity contribution in [2.45, 2.75) is 38.7 Å². The van der Waals surface area contributed by atoms with Crippen LogP contribution in [0.25, 0.3) is 0 Å². The highest BCUT2D eigenvalue weighted by molar-refractivity contribution is 9.10. The number of aromatic nitrogens is 2. The Hall–Kier alpha value is -0.680. The molecule has 5 heteroatoms. The summed E-state index contributed by atoms with van der Waals surface area (Å²) >= 11 is 3.40. The SMILES string of the molecule is CCc1nc(Br)cc(NCC2(C)CCCO2)n1. The van der Waals surface area contributed by atoms with Crippen molar-refractivity contribution in [3.05, 3.63) is 16.5 Å². The van der Waals surface area contributed by atoms with Gasteiger partial charge in [-0.1, -0.05) is 6.92 Å². The van der Waals surface area contributed by atoms with Gasteiger partial charge in [-0.05, 0) is 35.7 Å². The number of nitrogens with zero attached hydrogens (tertiary/aromatic N) is 2. The zero-order chi connectivity index (χ0) is 12.3. The van der Waals surface area contributed by atoms with Crippen LogP contribution < -0.4 is 5.32 Å². The first-order valence-electron chi connectivity index (χ1n) is 6.02. The molecule has 0 bridgehead atoms. The molecule has 2 rings (SSSR count). The predicted octanol–water partition coefficient (Wildman–Crippen LogP) is 2.78. The Labute approximate surface area is 110 Å². The van der Waals surface area contributed by atoms with Crippen molar-refractivity contribution in [2.75, 3.05) is 18.5 Å². The zero-order valence-corrected chi connectivity index (χ0v) is 11.9. The highest BCUT2D eigenvalue weighted by atomic mass is 79.9. The molecule has 1 N–H and O–H groups in total. The summed E-state index contributed by atoms with van der Waals surface area (Å²) in [6.45, 7) is 5.85. The van der Waals surface area contributed by atoms with Gasteiger partial charge in [0.25, 0.3) is 0 Å². The van der Waals surface area contributed by atoms with Gasteiger partial charge in [-0.3, -0.25) is 0 Å². The Morgan fingerprint density at radius 1 is 1.53 bits per heavy atom. The molecule has 0 aromatic carbocycles. The van der Waals surface area contributed by atoms with E-state index in [2.05, 4.69) is 38.1 Å². The summed E-state index contributed by atoms with van der Waals surface area (Å²) < 4.78 is 6.55. The molecule has 1 saturated heterocycles. The molecule has 1 aliphatic rings. The lowest BCUT2D eigenvalue weighted by Crippen LogP contribution is -2.32. The van der Waals surface area contributed by atoms with Crippen molar-refractivity contribution in [3.63, 3.8) is 0 Å². The van der Waals surface area contributed by atoms with Gasteiger partial charge >= 0.3 is 0 Å². The first kappa shape index (κ1) is 12.8. The molecule has 1 unspecified atom stereocenters. The molecule has 0 spiro atoms. The molecule has 0 radical (unpaired) electrons. The summed E-state index contributed by atoms with van der Waals surface area (Å²) in [6, 6.07) is 1.90. The number of ether oxygens (including phenoxy) is 1. The Balaban J connectivity index is 2.00. The average molecular weight is 300 g/mol. The molecule has 1 fully saturated rings. The molecule has 1 aromatic rings. The Kier molecular flexibility index (Phi) is 3.99. The maximum absolute atomic E-state index is 5.73. The van der Waals surface area contributed by atoms with E-state index >= 15 is 0 Å². The standard InChI is InChI=1S/C12H18BrN3O/c1-3-10-15-9(13)7-11(16-10)14-8-12(2)5-4-6-17-12/h7H,3-6,8H2,1-2H3,(H,14,15,16). The number of hydrogen-bond donors (Lipinski definition) is 1. The third-order valence-corrected chi connectivity index (χ3v) is 3.41. The minimum atomic E-state index is -0.0518. The maximum Gasteiger partial charge on any atom is 0.131 e. The number of halogens is 1. The van der Waals surface area contributed by atoms with Crippen molar-refractivity contribution in [1.29, 1.82) is 0 Å². The van der Waals surface area contributed by atoms with Crippen molar-refractivity contribution in [1.82, 2.24) is 9.97 Å². The fourth-order valence-corrected chi connectivity index (χ4v) is 2.39. The monoisotopic (exact) mass is 299 g/mol. The fraction of sp³-hybridized carbons (Fsp3) is 0.667. The summed E-state index contributed by atoms with van der Waals surface area (Å²) in [7, 11) is 0. The fourth-order valence-electron chi connectivity index (χ4n) is 1.97. The average Bonchev–Trinajstić information content (AvgIpc) is 2.73. The normalized spacial score (nSPS) is 23.9. The number of aryl methyl sites for hydroxylation is 1. The molecule has 1 aromatic heterocycles. The van der Waals surface area contributed by atoms with Gasteiger partial charge < -0.3 is 10.1 Å². The summed E-state index contributed by atoms with van der Waals surface area (Å²) in [5.41, 5.74) is -0.0518. The van der Waals surface area contributed by atoms with E-state index in [0.717, 1.165) is 48.7 Å². The zero-order valence-electron chi connectivity index (χ0n) is 10.3. The molecule has 0 amide bonds. The smallest absolute Gasteiger partial charge is 0.131 e. The molecule has 1 atom stereocenters. The highest BCUT2D eigenvalue weighted by Crippen LogP contribution is 2.25. The van der Waals surface area contributed by atoms with Crippen molar-refractivity contribution < 1.29 is 4.74 Å². The molecule has 0 aliphatic carbocycles. The lowest BCUT2D eigenvalue weighted by atomic mass is 10.0. The van der Waals surface area contributed by atoms with E-state index < -0.39 is 0 Å². The third-order valence-electron chi connectivity index (χ3n) is 3.00. The first-order valence-corrected chi connectivity index (χ1v) is 6.82. The lowest BCUT2D eigenvalue weighted by Gasteiger charge is -2.23. The maximum atomic E-state index is 5.73. The molecule has 17 heavy (non-hydrogen) atoms. The van der Waals surface area contributed by atoms with Crippen LogP contribution in [-0.4, -0.2) is 28.7 Å². The molecular weight excluding hydrogens is 282 g/mol. The number of rotatable bonds is 4. The van der Waals surface area contributed by atoms with Crippen LogP contribution in [-0.2, 0) is 11.2 Å². The van der Waals surface area contributed by atoms with Crippen molar-refractivity contribution in [2.24, 2.45) is 0 Å². The molecular formula is C12H18BrN3O. The van der Waals surface area contributed by atoms with E-state index in [1.807, 2.05) is 13.0 Å². The molecule has 2 heterocycles. The third kappa shape index (κ3) is 3.39. The second-order valence-electron chi connectivity index (χ2n) is 4.60. The van der Waals surface area contributed by atoms with Crippen molar-refractivity contribution >= 4 is 21.7 Å². The van der Waals surface area contributed by atoms with Gasteiger partial charge in [0.05, 0.1) is 5.60 Å². The molecule has 0 saturated carbocycles. The molecule has 94 valence electrons.